The zero-order chi connectivity index (χ0) is 22.2. The molecule has 0 aliphatic rings. The predicted molar refractivity (Wildman–Crippen MR) is 122 cm³/mol. The van der Waals surface area contributed by atoms with Crippen molar-refractivity contribution in [3.8, 4) is 11.4 Å². The first kappa shape index (κ1) is 20.8. The van der Waals surface area contributed by atoms with Gasteiger partial charge in [-0.05, 0) is 68.4 Å². The van der Waals surface area contributed by atoms with Crippen LogP contribution in [0.15, 0.2) is 65.6 Å². The first-order chi connectivity index (χ1) is 14.8. The van der Waals surface area contributed by atoms with Crippen molar-refractivity contribution in [1.29, 1.82) is 0 Å². The van der Waals surface area contributed by atoms with Gasteiger partial charge in [-0.15, -0.1) is 0 Å². The van der Waals surface area contributed by atoms with E-state index >= 15 is 0 Å². The third kappa shape index (κ3) is 3.95. The van der Waals surface area contributed by atoms with Crippen LogP contribution >= 0.6 is 0 Å². The highest BCUT2D eigenvalue weighted by Crippen LogP contribution is 2.28. The van der Waals surface area contributed by atoms with Crippen molar-refractivity contribution >= 4 is 32.7 Å². The van der Waals surface area contributed by atoms with E-state index in [1.807, 2.05) is 42.5 Å². The molecule has 3 aromatic carbocycles. The van der Waals surface area contributed by atoms with Gasteiger partial charge >= 0.3 is 0 Å². The minimum absolute atomic E-state index is 0.0886. The van der Waals surface area contributed by atoms with Gasteiger partial charge in [0, 0.05) is 11.1 Å². The Labute approximate surface area is 180 Å². The molecule has 1 heterocycles. The first-order valence-corrected chi connectivity index (χ1v) is 11.2. The lowest BCUT2D eigenvalue weighted by molar-refractivity contribution is 0.102. The number of carbonyl (C=O) groups is 1. The van der Waals surface area contributed by atoms with Crippen LogP contribution < -0.4 is 10.0 Å². The van der Waals surface area contributed by atoms with Crippen LogP contribution in [0.1, 0.15) is 21.5 Å². The number of para-hydroxylation sites is 3. The van der Waals surface area contributed by atoms with Crippen molar-refractivity contribution in [2.75, 3.05) is 12.4 Å². The zero-order valence-electron chi connectivity index (χ0n) is 17.4. The van der Waals surface area contributed by atoms with Crippen molar-refractivity contribution < 1.29 is 13.2 Å². The molecule has 0 spiro atoms. The number of fused-ring (bicyclic) bond motifs is 1. The van der Waals surface area contributed by atoms with Gasteiger partial charge in [0.05, 0.1) is 21.6 Å². The highest BCUT2D eigenvalue weighted by atomic mass is 32.2. The van der Waals surface area contributed by atoms with E-state index in [2.05, 4.69) is 20.0 Å². The second kappa shape index (κ2) is 7.98. The number of carbonyl (C=O) groups excluding carboxylic acids is 1. The molecule has 0 aliphatic carbocycles. The molecule has 0 aliphatic heterocycles. The van der Waals surface area contributed by atoms with Crippen molar-refractivity contribution in [3.05, 3.63) is 77.4 Å². The van der Waals surface area contributed by atoms with E-state index in [0.717, 1.165) is 16.6 Å². The van der Waals surface area contributed by atoms with Crippen LogP contribution in [0.3, 0.4) is 0 Å². The molecule has 158 valence electrons. The van der Waals surface area contributed by atoms with Gasteiger partial charge in [-0.2, -0.15) is 0 Å². The fourth-order valence-electron chi connectivity index (χ4n) is 3.42. The number of nitrogens with zero attached hydrogens (tertiary/aromatic N) is 1. The van der Waals surface area contributed by atoms with E-state index in [1.54, 1.807) is 26.0 Å². The summed E-state index contributed by atoms with van der Waals surface area (Å²) >= 11 is 0. The quantitative estimate of drug-likeness (QED) is 0.441. The summed E-state index contributed by atoms with van der Waals surface area (Å²) in [5.41, 5.74) is 4.61. The number of hydrogen-bond acceptors (Lipinski definition) is 4. The van der Waals surface area contributed by atoms with Crippen LogP contribution in [0.25, 0.3) is 22.4 Å². The van der Waals surface area contributed by atoms with E-state index in [4.69, 9.17) is 0 Å². The Kier molecular flexibility index (Phi) is 5.34. The Morgan fingerprint density at radius 3 is 2.45 bits per heavy atom. The molecule has 0 unspecified atom stereocenters. The molecule has 8 heteroatoms. The Bertz CT molecular complexity index is 1370. The maximum atomic E-state index is 13.0. The molecule has 0 radical (unpaired) electrons. The number of rotatable bonds is 5. The van der Waals surface area contributed by atoms with Gasteiger partial charge in [0.2, 0.25) is 10.0 Å². The third-order valence-electron chi connectivity index (χ3n) is 5.26. The normalized spacial score (nSPS) is 11.6. The molecule has 4 aromatic rings. The van der Waals surface area contributed by atoms with Crippen LogP contribution in [0.5, 0.6) is 0 Å². The summed E-state index contributed by atoms with van der Waals surface area (Å²) in [4.78, 5) is 21.0. The summed E-state index contributed by atoms with van der Waals surface area (Å²) in [5.74, 6) is 0.231. The highest BCUT2D eigenvalue weighted by Gasteiger charge is 2.20. The number of benzene rings is 3. The van der Waals surface area contributed by atoms with Crippen LogP contribution in [0.2, 0.25) is 0 Å². The molecule has 1 amide bonds. The number of amides is 1. The summed E-state index contributed by atoms with van der Waals surface area (Å²) in [6.45, 7) is 3.50. The van der Waals surface area contributed by atoms with Crippen molar-refractivity contribution in [3.63, 3.8) is 0 Å². The minimum Gasteiger partial charge on any atom is -0.338 e. The molecule has 0 fully saturated rings. The third-order valence-corrected chi connectivity index (χ3v) is 6.80. The predicted octanol–water partition coefficient (Wildman–Crippen LogP) is 4.01. The molecule has 0 bridgehead atoms. The Morgan fingerprint density at radius 1 is 1.00 bits per heavy atom. The minimum atomic E-state index is -3.69. The molecule has 0 saturated carbocycles. The molecular weight excluding hydrogens is 412 g/mol. The Morgan fingerprint density at radius 2 is 1.71 bits per heavy atom. The molecule has 31 heavy (non-hydrogen) atoms. The number of aryl methyl sites for hydroxylation is 1. The van der Waals surface area contributed by atoms with E-state index in [-0.39, 0.29) is 10.5 Å². The lowest BCUT2D eigenvalue weighted by Crippen LogP contribution is -2.21. The summed E-state index contributed by atoms with van der Waals surface area (Å²) in [6.07, 6.45) is 0. The number of imidazole rings is 1. The van der Waals surface area contributed by atoms with E-state index < -0.39 is 15.9 Å². The van der Waals surface area contributed by atoms with Gasteiger partial charge in [-0.3, -0.25) is 4.79 Å². The fourth-order valence-corrected chi connectivity index (χ4v) is 4.49. The maximum Gasteiger partial charge on any atom is 0.255 e. The van der Waals surface area contributed by atoms with E-state index in [1.165, 1.54) is 13.1 Å². The molecule has 1 aromatic heterocycles. The van der Waals surface area contributed by atoms with Crippen LogP contribution in [0.4, 0.5) is 5.69 Å². The summed E-state index contributed by atoms with van der Waals surface area (Å²) in [7, 11) is -2.34. The van der Waals surface area contributed by atoms with E-state index in [9.17, 15) is 13.2 Å². The molecule has 3 N–H and O–H groups in total. The van der Waals surface area contributed by atoms with Gasteiger partial charge < -0.3 is 10.3 Å². The summed E-state index contributed by atoms with van der Waals surface area (Å²) in [6, 6.07) is 18.1. The second-order valence-corrected chi connectivity index (χ2v) is 9.08. The van der Waals surface area contributed by atoms with Gasteiger partial charge in [-0.25, -0.2) is 18.1 Å². The lowest BCUT2D eigenvalue weighted by Gasteiger charge is -2.13. The number of H-pyrrole nitrogens is 1. The van der Waals surface area contributed by atoms with Gasteiger partial charge in [0.25, 0.3) is 5.91 Å². The molecule has 0 saturated heterocycles. The molecular formula is C23H22N4O3S. The lowest BCUT2D eigenvalue weighted by atomic mass is 10.1. The largest absolute Gasteiger partial charge is 0.338 e. The topological polar surface area (TPSA) is 104 Å². The van der Waals surface area contributed by atoms with Crippen molar-refractivity contribution in [2.45, 2.75) is 18.7 Å². The zero-order valence-corrected chi connectivity index (χ0v) is 18.2. The second-order valence-electron chi connectivity index (χ2n) is 7.23. The number of sulfonamides is 1. The standard InChI is InChI=1S/C23H22N4O3S/c1-14-12-16(13-21(15(14)2)31(29,30)24-3)23(28)27-18-9-5-4-8-17(18)22-25-19-10-6-7-11-20(19)26-22/h4-13,24H,1-3H3,(H,25,26)(H,27,28). The highest BCUT2D eigenvalue weighted by molar-refractivity contribution is 7.89. The molecule has 0 atom stereocenters. The maximum absolute atomic E-state index is 13.0. The molecule has 7 nitrogen and oxygen atoms in total. The average molecular weight is 435 g/mol. The van der Waals surface area contributed by atoms with Crippen molar-refractivity contribution in [1.82, 2.24) is 14.7 Å². The number of aromatic nitrogens is 2. The number of anilines is 1. The van der Waals surface area contributed by atoms with Gasteiger partial charge in [0.15, 0.2) is 0 Å². The van der Waals surface area contributed by atoms with Crippen LogP contribution in [0, 0.1) is 13.8 Å². The first-order valence-electron chi connectivity index (χ1n) is 9.70. The summed E-state index contributed by atoms with van der Waals surface area (Å²) < 4.78 is 27.1. The Hall–Kier alpha value is -3.49. The number of nitrogens with one attached hydrogen (secondary N) is 3. The smallest absolute Gasteiger partial charge is 0.255 e. The van der Waals surface area contributed by atoms with Crippen LogP contribution in [-0.4, -0.2) is 31.3 Å². The Balaban J connectivity index is 1.72. The average Bonchev–Trinajstić information content (AvgIpc) is 3.19. The SMILES string of the molecule is CNS(=O)(=O)c1cc(C(=O)Nc2ccccc2-c2nc3ccccc3[nH]2)cc(C)c1C. The number of hydrogen-bond donors (Lipinski definition) is 3. The number of aromatic amines is 1. The van der Waals surface area contributed by atoms with Gasteiger partial charge in [-0.1, -0.05) is 24.3 Å². The summed E-state index contributed by atoms with van der Waals surface area (Å²) in [5, 5.41) is 2.90. The van der Waals surface area contributed by atoms with Crippen molar-refractivity contribution in [2.24, 2.45) is 0 Å². The molecule has 4 rings (SSSR count). The monoisotopic (exact) mass is 434 g/mol. The fraction of sp³-hybridized carbons (Fsp3) is 0.130. The van der Waals surface area contributed by atoms with E-state index in [0.29, 0.717) is 22.6 Å². The van der Waals surface area contributed by atoms with Gasteiger partial charge in [0.1, 0.15) is 5.82 Å². The van der Waals surface area contributed by atoms with Crippen LogP contribution in [-0.2, 0) is 10.0 Å².